The van der Waals surface area contributed by atoms with Gasteiger partial charge in [-0.3, -0.25) is 0 Å². The van der Waals surface area contributed by atoms with Crippen LogP contribution in [-0.2, 0) is 22.1 Å². The number of rotatable bonds is 8. The molecule has 0 saturated heterocycles. The predicted molar refractivity (Wildman–Crippen MR) is 114 cm³/mol. The Morgan fingerprint density at radius 2 is 1.73 bits per heavy atom. The molecule has 166 valence electrons. The van der Waals surface area contributed by atoms with Crippen molar-refractivity contribution < 1.29 is 17.6 Å². The number of halogens is 1. The highest BCUT2D eigenvalue weighted by Gasteiger charge is 2.27. The van der Waals surface area contributed by atoms with Crippen LogP contribution in [0.5, 0.6) is 0 Å². The van der Waals surface area contributed by atoms with E-state index in [4.69, 9.17) is 0 Å². The van der Waals surface area contributed by atoms with Crippen LogP contribution >= 0.6 is 0 Å². The number of imidazole rings is 1. The highest BCUT2D eigenvalue weighted by Crippen LogP contribution is 2.23. The van der Waals surface area contributed by atoms with Gasteiger partial charge in [0.25, 0.3) is 0 Å². The molecule has 0 atom stereocenters. The summed E-state index contributed by atoms with van der Waals surface area (Å²) in [6.45, 7) is 11.5. The van der Waals surface area contributed by atoms with Gasteiger partial charge in [-0.15, -0.1) is 0 Å². The molecule has 30 heavy (non-hydrogen) atoms. The Hall–Kier alpha value is -2.42. The third-order valence-corrected chi connectivity index (χ3v) is 6.10. The molecule has 0 unspecified atom stereocenters. The molecule has 1 aromatic heterocycles. The maximum Gasteiger partial charge on any atom is 0.318 e. The van der Waals surface area contributed by atoms with Gasteiger partial charge in [0.1, 0.15) is 5.82 Å². The summed E-state index contributed by atoms with van der Waals surface area (Å²) < 4.78 is 40.9. The van der Waals surface area contributed by atoms with Gasteiger partial charge in [-0.2, -0.15) is 0 Å². The second kappa shape index (κ2) is 9.59. The minimum Gasteiger partial charge on any atom is -0.336 e. The lowest BCUT2D eigenvalue weighted by molar-refractivity contribution is 0.175. The molecule has 9 heteroatoms. The number of hydrogen-bond acceptors (Lipinski definition) is 4. The molecule has 0 bridgehead atoms. The second-order valence-electron chi connectivity index (χ2n) is 8.21. The van der Waals surface area contributed by atoms with Crippen LogP contribution in [0.15, 0.2) is 35.6 Å². The van der Waals surface area contributed by atoms with E-state index in [1.165, 1.54) is 30.5 Å². The van der Waals surface area contributed by atoms with Gasteiger partial charge in [-0.1, -0.05) is 12.1 Å². The zero-order chi connectivity index (χ0) is 22.6. The monoisotopic (exact) mass is 438 g/mol. The highest BCUT2D eigenvalue weighted by molar-refractivity contribution is 7.90. The van der Waals surface area contributed by atoms with Gasteiger partial charge in [0, 0.05) is 18.1 Å². The van der Waals surface area contributed by atoms with Gasteiger partial charge in [0.2, 0.25) is 15.0 Å². The van der Waals surface area contributed by atoms with Crippen molar-refractivity contribution in [3.05, 3.63) is 47.5 Å². The number of amides is 2. The number of nitrogens with one attached hydrogen (secondary N) is 1. The Labute approximate surface area is 178 Å². The third kappa shape index (κ3) is 5.81. The summed E-state index contributed by atoms with van der Waals surface area (Å²) in [6.07, 6.45) is 1.51. The van der Waals surface area contributed by atoms with Crippen molar-refractivity contribution >= 4 is 15.9 Å². The first-order chi connectivity index (χ1) is 13.9. The van der Waals surface area contributed by atoms with Crippen LogP contribution in [0.2, 0.25) is 0 Å². The van der Waals surface area contributed by atoms with Crippen molar-refractivity contribution in [2.45, 2.75) is 77.1 Å². The zero-order valence-corrected chi connectivity index (χ0v) is 19.2. The molecule has 1 heterocycles. The lowest BCUT2D eigenvalue weighted by atomic mass is 10.2. The molecule has 0 aliphatic heterocycles. The first-order valence-corrected chi connectivity index (χ1v) is 11.7. The van der Waals surface area contributed by atoms with Crippen molar-refractivity contribution in [3.63, 3.8) is 0 Å². The normalized spacial score (nSPS) is 12.1. The Morgan fingerprint density at radius 3 is 2.23 bits per heavy atom. The summed E-state index contributed by atoms with van der Waals surface area (Å²) in [7, 11) is -3.77. The van der Waals surface area contributed by atoms with Crippen LogP contribution in [-0.4, -0.2) is 41.0 Å². The fourth-order valence-electron chi connectivity index (χ4n) is 3.13. The van der Waals surface area contributed by atoms with Crippen molar-refractivity contribution in [2.24, 2.45) is 0 Å². The van der Waals surface area contributed by atoms with Gasteiger partial charge in [-0.05, 0) is 59.2 Å². The number of sulfone groups is 1. The summed E-state index contributed by atoms with van der Waals surface area (Å²) in [5.74, 6) is -0.700. The molecule has 2 rings (SSSR count). The number of urea groups is 1. The Bertz CT molecular complexity index is 967. The Morgan fingerprint density at radius 1 is 1.13 bits per heavy atom. The smallest absolute Gasteiger partial charge is 0.318 e. The molecule has 2 amide bonds. The van der Waals surface area contributed by atoms with E-state index in [-0.39, 0.29) is 41.6 Å². The third-order valence-electron chi connectivity index (χ3n) is 4.53. The van der Waals surface area contributed by atoms with Crippen molar-refractivity contribution in [3.8, 4) is 0 Å². The quantitative estimate of drug-likeness (QED) is 0.677. The lowest BCUT2D eigenvalue weighted by Gasteiger charge is -2.29. The minimum absolute atomic E-state index is 0.0135. The van der Waals surface area contributed by atoms with Crippen LogP contribution in [0, 0.1) is 5.82 Å². The van der Waals surface area contributed by atoms with Gasteiger partial charge in [0.05, 0.1) is 24.2 Å². The molecular formula is C21H31FN4O3S. The van der Waals surface area contributed by atoms with Crippen LogP contribution in [0.4, 0.5) is 9.18 Å². The van der Waals surface area contributed by atoms with E-state index in [1.54, 1.807) is 9.47 Å². The maximum atomic E-state index is 13.1. The summed E-state index contributed by atoms with van der Waals surface area (Å²) in [5.41, 5.74) is 1.12. The van der Waals surface area contributed by atoms with Crippen molar-refractivity contribution in [2.75, 3.05) is 0 Å². The number of benzene rings is 1. The second-order valence-corrected chi connectivity index (χ2v) is 10.1. The molecule has 7 nitrogen and oxygen atoms in total. The van der Waals surface area contributed by atoms with Gasteiger partial charge < -0.3 is 14.8 Å². The number of aromatic nitrogens is 2. The first-order valence-electron chi connectivity index (χ1n) is 10.0. The molecule has 1 N–H and O–H groups in total. The van der Waals surface area contributed by atoms with Crippen LogP contribution in [0.3, 0.4) is 0 Å². The minimum atomic E-state index is -3.77. The SMILES string of the molecule is CC(C)NC(=O)N(Cc1cnc(S(=O)(=O)Cc2ccc(F)cc2)n1C(C)C)C(C)C. The van der Waals surface area contributed by atoms with Crippen LogP contribution in [0.1, 0.15) is 58.8 Å². The highest BCUT2D eigenvalue weighted by atomic mass is 32.2. The molecule has 0 fully saturated rings. The van der Waals surface area contributed by atoms with Gasteiger partial charge >= 0.3 is 6.03 Å². The molecule has 0 saturated carbocycles. The number of carbonyl (C=O) groups excluding carboxylic acids is 1. The molecule has 1 aromatic carbocycles. The topological polar surface area (TPSA) is 84.3 Å². The molecule has 0 aliphatic carbocycles. The fraction of sp³-hybridized carbons (Fsp3) is 0.524. The van der Waals surface area contributed by atoms with E-state index in [2.05, 4.69) is 10.3 Å². The average Bonchev–Trinajstić information content (AvgIpc) is 3.05. The van der Waals surface area contributed by atoms with Gasteiger partial charge in [-0.25, -0.2) is 22.6 Å². The number of hydrogen-bond donors (Lipinski definition) is 1. The van der Waals surface area contributed by atoms with E-state index in [0.717, 1.165) is 0 Å². The van der Waals surface area contributed by atoms with Crippen molar-refractivity contribution in [1.82, 2.24) is 19.8 Å². The van der Waals surface area contributed by atoms with Crippen molar-refractivity contribution in [1.29, 1.82) is 0 Å². The van der Waals surface area contributed by atoms with E-state index in [9.17, 15) is 17.6 Å². The first kappa shape index (κ1) is 23.9. The average molecular weight is 439 g/mol. The lowest BCUT2D eigenvalue weighted by Crippen LogP contribution is -2.46. The standard InChI is InChI=1S/C21H31FN4O3S/c1-14(2)24-20(27)25(15(3)4)12-19-11-23-21(26(19)16(5)6)30(28,29)13-17-7-9-18(22)10-8-17/h7-11,14-16H,12-13H2,1-6H3,(H,24,27). The summed E-state index contributed by atoms with van der Waals surface area (Å²) in [6, 6.07) is 4.88. The predicted octanol–water partition coefficient (Wildman–Crippen LogP) is 3.91. The largest absolute Gasteiger partial charge is 0.336 e. The van der Waals surface area contributed by atoms with Gasteiger partial charge in [0.15, 0.2) is 0 Å². The van der Waals surface area contributed by atoms with E-state index < -0.39 is 15.7 Å². The summed E-state index contributed by atoms with van der Waals surface area (Å²) in [4.78, 5) is 18.4. The molecule has 0 spiro atoms. The van der Waals surface area contributed by atoms with E-state index in [0.29, 0.717) is 11.3 Å². The molecular weight excluding hydrogens is 407 g/mol. The molecule has 0 aliphatic rings. The molecule has 0 radical (unpaired) electrons. The Balaban J connectivity index is 2.38. The maximum absolute atomic E-state index is 13.1. The van der Waals surface area contributed by atoms with E-state index >= 15 is 0 Å². The van der Waals surface area contributed by atoms with E-state index in [1.807, 2.05) is 41.5 Å². The number of carbonyl (C=O) groups is 1. The summed E-state index contributed by atoms with van der Waals surface area (Å²) in [5, 5.41) is 2.82. The number of nitrogens with zero attached hydrogens (tertiary/aromatic N) is 3. The van der Waals surface area contributed by atoms with Crippen LogP contribution < -0.4 is 5.32 Å². The Kier molecular flexibility index (Phi) is 7.63. The fourth-order valence-corrected chi connectivity index (χ4v) is 4.74. The zero-order valence-electron chi connectivity index (χ0n) is 18.4. The van der Waals surface area contributed by atoms with Crippen LogP contribution in [0.25, 0.3) is 0 Å². The summed E-state index contributed by atoms with van der Waals surface area (Å²) >= 11 is 0. The molecule has 2 aromatic rings.